The van der Waals surface area contributed by atoms with E-state index >= 15 is 0 Å². The first kappa shape index (κ1) is 17.5. The summed E-state index contributed by atoms with van der Waals surface area (Å²) < 4.78 is 12.0. The molecule has 3 unspecified atom stereocenters. The molecule has 0 radical (unpaired) electrons. The second-order valence-electron chi connectivity index (χ2n) is 5.41. The Hall–Kier alpha value is -0.580. The minimum Gasteiger partial charge on any atom is -0.357 e. The van der Waals surface area contributed by atoms with Crippen LogP contribution in [0.3, 0.4) is 0 Å². The van der Waals surface area contributed by atoms with Gasteiger partial charge < -0.3 is 10.6 Å². The molecule has 0 aromatic rings. The molecule has 0 aromatic carbocycles. The highest BCUT2D eigenvalue weighted by Crippen LogP contribution is 2.22. The van der Waals surface area contributed by atoms with Crippen LogP contribution in [-0.2, 0) is 10.8 Å². The smallest absolute Gasteiger partial charge is 0.191 e. The van der Waals surface area contributed by atoms with E-state index in [1.54, 1.807) is 0 Å². The zero-order chi connectivity index (χ0) is 14.8. The zero-order valence-electron chi connectivity index (χ0n) is 13.3. The molecule has 2 N–H and O–H groups in total. The molecular weight excluding hydrogens is 270 g/mol. The molecule has 5 heteroatoms. The van der Waals surface area contributed by atoms with Gasteiger partial charge in [0, 0.05) is 40.9 Å². The molecule has 0 heterocycles. The Bertz CT molecular complexity index is 320. The van der Waals surface area contributed by atoms with Gasteiger partial charge in [0.15, 0.2) is 5.96 Å². The van der Waals surface area contributed by atoms with Crippen molar-refractivity contribution in [1.29, 1.82) is 0 Å². The van der Waals surface area contributed by atoms with Gasteiger partial charge in [-0.25, -0.2) is 0 Å². The SMILES string of the molecule is CCCCN=C(NCC)NC1CCCC(S(=O)CC)C1. The first-order chi connectivity index (χ1) is 9.71. The summed E-state index contributed by atoms with van der Waals surface area (Å²) in [6, 6.07) is 0.420. The van der Waals surface area contributed by atoms with Gasteiger partial charge in [0.25, 0.3) is 0 Å². The lowest BCUT2D eigenvalue weighted by Crippen LogP contribution is -2.46. The molecule has 1 aliphatic carbocycles. The monoisotopic (exact) mass is 301 g/mol. The number of nitrogens with zero attached hydrogens (tertiary/aromatic N) is 1. The van der Waals surface area contributed by atoms with Crippen molar-refractivity contribution in [1.82, 2.24) is 10.6 Å². The number of aliphatic imine (C=N–C) groups is 1. The molecule has 4 nitrogen and oxygen atoms in total. The van der Waals surface area contributed by atoms with Crippen LogP contribution in [0.2, 0.25) is 0 Å². The molecule has 0 saturated heterocycles. The summed E-state index contributed by atoms with van der Waals surface area (Å²) in [6.45, 7) is 8.05. The maximum atomic E-state index is 12.0. The van der Waals surface area contributed by atoms with Crippen LogP contribution < -0.4 is 10.6 Å². The first-order valence-electron chi connectivity index (χ1n) is 8.13. The number of nitrogens with one attached hydrogen (secondary N) is 2. The maximum absolute atomic E-state index is 12.0. The van der Waals surface area contributed by atoms with E-state index in [1.165, 1.54) is 12.8 Å². The molecule has 1 rings (SSSR count). The minimum atomic E-state index is -0.660. The molecule has 0 aliphatic heterocycles. The fraction of sp³-hybridized carbons (Fsp3) is 0.933. The average molecular weight is 302 g/mol. The summed E-state index contributed by atoms with van der Waals surface area (Å²) in [6.07, 6.45) is 6.76. The topological polar surface area (TPSA) is 53.5 Å². The lowest BCUT2D eigenvalue weighted by Gasteiger charge is -2.30. The fourth-order valence-electron chi connectivity index (χ4n) is 2.61. The average Bonchev–Trinajstić information content (AvgIpc) is 2.47. The molecule has 1 saturated carbocycles. The number of unbranched alkanes of at least 4 members (excludes halogenated alkanes) is 1. The Labute approximate surface area is 126 Å². The van der Waals surface area contributed by atoms with Crippen LogP contribution >= 0.6 is 0 Å². The van der Waals surface area contributed by atoms with Gasteiger partial charge in [0.1, 0.15) is 0 Å². The van der Waals surface area contributed by atoms with Crippen molar-refractivity contribution < 1.29 is 4.21 Å². The van der Waals surface area contributed by atoms with Crippen molar-refractivity contribution in [3.8, 4) is 0 Å². The Balaban J connectivity index is 2.50. The van der Waals surface area contributed by atoms with E-state index in [9.17, 15) is 4.21 Å². The van der Waals surface area contributed by atoms with Crippen LogP contribution in [0.5, 0.6) is 0 Å². The van der Waals surface area contributed by atoms with Crippen LogP contribution in [-0.4, -0.2) is 40.3 Å². The van der Waals surface area contributed by atoms with E-state index in [0.29, 0.717) is 11.3 Å². The minimum absolute atomic E-state index is 0.366. The summed E-state index contributed by atoms with van der Waals surface area (Å²) in [5, 5.41) is 7.20. The Morgan fingerprint density at radius 1 is 1.30 bits per heavy atom. The van der Waals surface area contributed by atoms with Crippen LogP contribution in [0, 0.1) is 0 Å². The number of hydrogen-bond donors (Lipinski definition) is 2. The predicted molar refractivity (Wildman–Crippen MR) is 88.7 cm³/mol. The van der Waals surface area contributed by atoms with Crippen molar-refractivity contribution in [2.75, 3.05) is 18.8 Å². The van der Waals surface area contributed by atoms with Gasteiger partial charge in [-0.15, -0.1) is 0 Å². The third-order valence-electron chi connectivity index (χ3n) is 3.75. The third-order valence-corrected chi connectivity index (χ3v) is 5.49. The molecule has 0 spiro atoms. The molecule has 118 valence electrons. The first-order valence-corrected chi connectivity index (χ1v) is 9.51. The van der Waals surface area contributed by atoms with E-state index < -0.39 is 10.8 Å². The van der Waals surface area contributed by atoms with E-state index in [-0.39, 0.29) is 0 Å². The van der Waals surface area contributed by atoms with Crippen LogP contribution in [0.4, 0.5) is 0 Å². The molecule has 1 aliphatic rings. The van der Waals surface area contributed by atoms with E-state index in [0.717, 1.165) is 50.5 Å². The summed E-state index contributed by atoms with van der Waals surface area (Å²) in [5.41, 5.74) is 0. The Kier molecular flexibility index (Phi) is 8.90. The summed E-state index contributed by atoms with van der Waals surface area (Å²) in [4.78, 5) is 4.61. The lowest BCUT2D eigenvalue weighted by molar-refractivity contribution is 0.413. The van der Waals surface area contributed by atoms with Crippen molar-refractivity contribution >= 4 is 16.8 Å². The molecule has 1 fully saturated rings. The van der Waals surface area contributed by atoms with Crippen molar-refractivity contribution in [2.24, 2.45) is 4.99 Å². The maximum Gasteiger partial charge on any atom is 0.191 e. The van der Waals surface area contributed by atoms with E-state index in [2.05, 4.69) is 29.5 Å². The number of guanidine groups is 1. The van der Waals surface area contributed by atoms with E-state index in [1.807, 2.05) is 6.92 Å². The van der Waals surface area contributed by atoms with Gasteiger partial charge >= 0.3 is 0 Å². The standard InChI is InChI=1S/C15H31N3OS/c1-4-7-11-17-15(16-5-2)18-13-9-8-10-14(12-13)20(19)6-3/h13-14H,4-12H2,1-3H3,(H2,16,17,18). The molecule has 3 atom stereocenters. The van der Waals surface area contributed by atoms with Crippen molar-refractivity contribution in [3.63, 3.8) is 0 Å². The Morgan fingerprint density at radius 2 is 2.10 bits per heavy atom. The summed E-state index contributed by atoms with van der Waals surface area (Å²) in [7, 11) is -0.660. The summed E-state index contributed by atoms with van der Waals surface area (Å²) in [5.74, 6) is 1.70. The van der Waals surface area contributed by atoms with Gasteiger partial charge in [0.2, 0.25) is 0 Å². The molecular formula is C15H31N3OS. The van der Waals surface area contributed by atoms with Crippen molar-refractivity contribution in [3.05, 3.63) is 0 Å². The predicted octanol–water partition coefficient (Wildman–Crippen LogP) is 2.42. The van der Waals surface area contributed by atoms with Gasteiger partial charge in [-0.1, -0.05) is 26.7 Å². The highest BCUT2D eigenvalue weighted by Gasteiger charge is 2.25. The molecule has 0 bridgehead atoms. The van der Waals surface area contributed by atoms with Crippen LogP contribution in [0.15, 0.2) is 4.99 Å². The van der Waals surface area contributed by atoms with Gasteiger partial charge in [0.05, 0.1) is 0 Å². The fourth-order valence-corrected chi connectivity index (χ4v) is 3.96. The number of rotatable bonds is 7. The highest BCUT2D eigenvalue weighted by molar-refractivity contribution is 7.85. The van der Waals surface area contributed by atoms with Crippen molar-refractivity contribution in [2.45, 2.75) is 70.6 Å². The number of hydrogen-bond acceptors (Lipinski definition) is 2. The van der Waals surface area contributed by atoms with E-state index in [4.69, 9.17) is 0 Å². The lowest BCUT2D eigenvalue weighted by atomic mass is 9.95. The summed E-state index contributed by atoms with van der Waals surface area (Å²) >= 11 is 0. The van der Waals surface area contributed by atoms with Gasteiger partial charge in [-0.2, -0.15) is 0 Å². The highest BCUT2D eigenvalue weighted by atomic mass is 32.2. The van der Waals surface area contributed by atoms with Crippen LogP contribution in [0.1, 0.15) is 59.3 Å². The molecule has 0 aromatic heterocycles. The largest absolute Gasteiger partial charge is 0.357 e. The second kappa shape index (κ2) is 10.2. The van der Waals surface area contributed by atoms with Gasteiger partial charge in [-0.3, -0.25) is 9.20 Å². The normalized spacial score (nSPS) is 25.2. The quantitative estimate of drug-likeness (QED) is 0.431. The molecule has 0 amide bonds. The zero-order valence-corrected chi connectivity index (χ0v) is 14.1. The third kappa shape index (κ3) is 6.25. The van der Waals surface area contributed by atoms with Gasteiger partial charge in [-0.05, 0) is 32.6 Å². The van der Waals surface area contributed by atoms with Crippen LogP contribution in [0.25, 0.3) is 0 Å². The second-order valence-corrected chi connectivity index (χ2v) is 7.42. The Morgan fingerprint density at radius 3 is 2.75 bits per heavy atom. The molecule has 20 heavy (non-hydrogen) atoms.